The molecule has 1 aromatic carbocycles. The molecule has 0 N–H and O–H groups in total. The third kappa shape index (κ3) is 3.44. The van der Waals surface area contributed by atoms with Crippen LogP contribution >= 0.6 is 0 Å². The highest BCUT2D eigenvalue weighted by Gasteiger charge is 2.34. The van der Waals surface area contributed by atoms with Crippen molar-refractivity contribution < 1.29 is 4.79 Å². The average molecular weight is 281 g/mol. The predicted octanol–water partition coefficient (Wildman–Crippen LogP) is 3.90. The highest BCUT2D eigenvalue weighted by atomic mass is 16.2. The first-order valence-corrected chi connectivity index (χ1v) is 7.87. The van der Waals surface area contributed by atoms with E-state index < -0.39 is 0 Å². The quantitative estimate of drug-likeness (QED) is 0.769. The van der Waals surface area contributed by atoms with E-state index >= 15 is 0 Å². The van der Waals surface area contributed by atoms with E-state index in [0.29, 0.717) is 18.3 Å². The maximum atomic E-state index is 12.5. The second-order valence-corrected chi connectivity index (χ2v) is 6.34. The monoisotopic (exact) mass is 281 g/mol. The van der Waals surface area contributed by atoms with E-state index in [-0.39, 0.29) is 5.91 Å². The van der Waals surface area contributed by atoms with E-state index in [4.69, 9.17) is 0 Å². The molecule has 1 aliphatic heterocycles. The fourth-order valence-electron chi connectivity index (χ4n) is 3.45. The van der Waals surface area contributed by atoms with Gasteiger partial charge in [-0.2, -0.15) is 0 Å². The first-order valence-electron chi connectivity index (χ1n) is 7.87. The van der Waals surface area contributed by atoms with Gasteiger partial charge in [-0.1, -0.05) is 54.1 Å². The first-order chi connectivity index (χ1) is 10.2. The number of likely N-dealkylation sites (tertiary alicyclic amines) is 1. The average Bonchev–Trinajstić information content (AvgIpc) is 2.92. The maximum Gasteiger partial charge on any atom is 0.226 e. The van der Waals surface area contributed by atoms with Crippen LogP contribution in [0.3, 0.4) is 0 Å². The van der Waals surface area contributed by atoms with Gasteiger partial charge in [0, 0.05) is 19.5 Å². The molecule has 110 valence electrons. The van der Waals surface area contributed by atoms with Crippen LogP contribution in [0.5, 0.6) is 0 Å². The molecule has 2 atom stereocenters. The van der Waals surface area contributed by atoms with Gasteiger partial charge in [0.15, 0.2) is 0 Å². The minimum Gasteiger partial charge on any atom is -0.342 e. The molecule has 1 fully saturated rings. The normalized spacial score (nSPS) is 25.0. The number of amides is 1. The maximum absolute atomic E-state index is 12.5. The summed E-state index contributed by atoms with van der Waals surface area (Å²) < 4.78 is 0. The predicted molar refractivity (Wildman–Crippen MR) is 86.6 cm³/mol. The molecule has 0 bridgehead atoms. The van der Waals surface area contributed by atoms with Gasteiger partial charge in [0.05, 0.1) is 0 Å². The van der Waals surface area contributed by atoms with E-state index in [1.807, 2.05) is 18.2 Å². The van der Waals surface area contributed by atoms with Crippen LogP contribution < -0.4 is 0 Å². The molecule has 0 aromatic heterocycles. The molecule has 1 saturated heterocycles. The zero-order valence-electron chi connectivity index (χ0n) is 12.7. The van der Waals surface area contributed by atoms with E-state index in [1.165, 1.54) is 5.56 Å². The SMILES string of the molecule is C/C(=C/c1ccccc1)CC(=O)N1CC2CC=CCC2C1. The Morgan fingerprint density at radius 3 is 2.38 bits per heavy atom. The molecule has 2 aliphatic rings. The van der Waals surface area contributed by atoms with E-state index in [2.05, 4.69) is 42.2 Å². The Labute approximate surface area is 127 Å². The number of carbonyl (C=O) groups excluding carboxylic acids is 1. The Kier molecular flexibility index (Phi) is 4.23. The Morgan fingerprint density at radius 1 is 1.14 bits per heavy atom. The summed E-state index contributed by atoms with van der Waals surface area (Å²) in [5.74, 6) is 1.67. The molecule has 2 nitrogen and oxygen atoms in total. The van der Waals surface area contributed by atoms with Crippen molar-refractivity contribution in [3.63, 3.8) is 0 Å². The van der Waals surface area contributed by atoms with Crippen molar-refractivity contribution >= 4 is 12.0 Å². The Hall–Kier alpha value is -1.83. The minimum absolute atomic E-state index is 0.286. The standard InChI is InChI=1S/C19H23NO/c1-15(11-16-7-3-2-4-8-16)12-19(21)20-13-17-9-5-6-10-18(17)14-20/h2-8,11,17-18H,9-10,12-14H2,1H3/b15-11-. The van der Waals surface area contributed by atoms with Crippen molar-refractivity contribution in [2.45, 2.75) is 26.2 Å². The van der Waals surface area contributed by atoms with E-state index in [1.54, 1.807) is 0 Å². The third-order valence-corrected chi connectivity index (χ3v) is 4.62. The molecule has 21 heavy (non-hydrogen) atoms. The summed E-state index contributed by atoms with van der Waals surface area (Å²) in [6.45, 7) is 3.95. The number of nitrogens with zero attached hydrogens (tertiary/aromatic N) is 1. The van der Waals surface area contributed by atoms with Crippen molar-refractivity contribution in [3.05, 3.63) is 53.6 Å². The summed E-state index contributed by atoms with van der Waals surface area (Å²) in [5.41, 5.74) is 2.31. The first kappa shape index (κ1) is 14.1. The number of hydrogen-bond donors (Lipinski definition) is 0. The topological polar surface area (TPSA) is 20.3 Å². The zero-order chi connectivity index (χ0) is 14.7. The largest absolute Gasteiger partial charge is 0.342 e. The second-order valence-electron chi connectivity index (χ2n) is 6.34. The van der Waals surface area contributed by atoms with Crippen LogP contribution in [-0.2, 0) is 4.79 Å². The van der Waals surface area contributed by atoms with Gasteiger partial charge in [-0.15, -0.1) is 0 Å². The van der Waals surface area contributed by atoms with Crippen LogP contribution in [0.4, 0.5) is 0 Å². The molecule has 1 aromatic rings. The van der Waals surface area contributed by atoms with Crippen LogP contribution in [0.15, 0.2) is 48.1 Å². The number of benzene rings is 1. The number of rotatable bonds is 3. The Morgan fingerprint density at radius 2 is 1.76 bits per heavy atom. The lowest BCUT2D eigenvalue weighted by Crippen LogP contribution is -2.28. The van der Waals surface area contributed by atoms with Crippen LogP contribution in [0, 0.1) is 11.8 Å². The molecule has 0 radical (unpaired) electrons. The lowest BCUT2D eigenvalue weighted by molar-refractivity contribution is -0.129. The van der Waals surface area contributed by atoms with Crippen LogP contribution in [0.2, 0.25) is 0 Å². The number of allylic oxidation sites excluding steroid dienone is 2. The Balaban J connectivity index is 1.58. The molecule has 2 heteroatoms. The van der Waals surface area contributed by atoms with Crippen LogP contribution in [0.1, 0.15) is 31.7 Å². The minimum atomic E-state index is 0.286. The van der Waals surface area contributed by atoms with Gasteiger partial charge in [0.1, 0.15) is 0 Å². The van der Waals surface area contributed by atoms with Gasteiger partial charge < -0.3 is 4.90 Å². The van der Waals surface area contributed by atoms with Crippen molar-refractivity contribution in [2.75, 3.05) is 13.1 Å². The van der Waals surface area contributed by atoms with Crippen molar-refractivity contribution in [1.82, 2.24) is 4.90 Å². The fourth-order valence-corrected chi connectivity index (χ4v) is 3.45. The van der Waals surface area contributed by atoms with E-state index in [9.17, 15) is 4.79 Å². The number of hydrogen-bond acceptors (Lipinski definition) is 1. The molecule has 1 heterocycles. The van der Waals surface area contributed by atoms with Crippen LogP contribution in [-0.4, -0.2) is 23.9 Å². The van der Waals surface area contributed by atoms with Gasteiger partial charge >= 0.3 is 0 Å². The molecular formula is C19H23NO. The molecule has 1 amide bonds. The summed E-state index contributed by atoms with van der Waals surface area (Å²) in [4.78, 5) is 14.5. The summed E-state index contributed by atoms with van der Waals surface area (Å²) in [5, 5.41) is 0. The van der Waals surface area contributed by atoms with Gasteiger partial charge in [-0.3, -0.25) is 4.79 Å². The van der Waals surface area contributed by atoms with Gasteiger partial charge in [0.2, 0.25) is 5.91 Å². The second kappa shape index (κ2) is 6.30. The summed E-state index contributed by atoms with van der Waals surface area (Å²) in [6, 6.07) is 10.2. The molecular weight excluding hydrogens is 258 g/mol. The van der Waals surface area contributed by atoms with E-state index in [0.717, 1.165) is 31.5 Å². The summed E-state index contributed by atoms with van der Waals surface area (Å²) >= 11 is 0. The highest BCUT2D eigenvalue weighted by Crippen LogP contribution is 2.33. The smallest absolute Gasteiger partial charge is 0.226 e. The third-order valence-electron chi connectivity index (χ3n) is 4.62. The molecule has 2 unspecified atom stereocenters. The van der Waals surface area contributed by atoms with Crippen molar-refractivity contribution in [1.29, 1.82) is 0 Å². The number of fused-ring (bicyclic) bond motifs is 1. The summed E-state index contributed by atoms with van der Waals surface area (Å²) in [7, 11) is 0. The van der Waals surface area contributed by atoms with Crippen molar-refractivity contribution in [3.8, 4) is 0 Å². The van der Waals surface area contributed by atoms with Gasteiger partial charge in [-0.05, 0) is 37.2 Å². The molecule has 0 spiro atoms. The fraction of sp³-hybridized carbons (Fsp3) is 0.421. The molecule has 1 aliphatic carbocycles. The van der Waals surface area contributed by atoms with Gasteiger partial charge in [0.25, 0.3) is 0 Å². The summed E-state index contributed by atoms with van der Waals surface area (Å²) in [6.07, 6.45) is 9.50. The molecule has 3 rings (SSSR count). The highest BCUT2D eigenvalue weighted by molar-refractivity contribution is 5.80. The lowest BCUT2D eigenvalue weighted by Gasteiger charge is -2.17. The zero-order valence-corrected chi connectivity index (χ0v) is 12.7. The van der Waals surface area contributed by atoms with Gasteiger partial charge in [-0.25, -0.2) is 0 Å². The Bertz CT molecular complexity index is 542. The number of carbonyl (C=O) groups is 1. The van der Waals surface area contributed by atoms with Crippen molar-refractivity contribution in [2.24, 2.45) is 11.8 Å². The lowest BCUT2D eigenvalue weighted by atomic mass is 9.86. The molecule has 0 saturated carbocycles. The van der Waals surface area contributed by atoms with Crippen LogP contribution in [0.25, 0.3) is 6.08 Å².